The van der Waals surface area contributed by atoms with Crippen molar-refractivity contribution in [1.29, 1.82) is 0 Å². The summed E-state index contributed by atoms with van der Waals surface area (Å²) in [6, 6.07) is 22.4. The van der Waals surface area contributed by atoms with Gasteiger partial charge in [0.1, 0.15) is 11.5 Å². The molecule has 152 valence electrons. The van der Waals surface area contributed by atoms with E-state index in [1.165, 1.54) is 19.1 Å². The highest BCUT2D eigenvalue weighted by Gasteiger charge is 2.11. The van der Waals surface area contributed by atoms with Crippen molar-refractivity contribution < 1.29 is 23.9 Å². The highest BCUT2D eigenvalue weighted by atomic mass is 16.5. The van der Waals surface area contributed by atoms with E-state index in [1.807, 2.05) is 30.3 Å². The average Bonchev–Trinajstić information content (AvgIpc) is 2.74. The Hall–Kier alpha value is -4.13. The molecule has 2 N–H and O–H groups in total. The van der Waals surface area contributed by atoms with Crippen LogP contribution in [-0.4, -0.2) is 24.4 Å². The van der Waals surface area contributed by atoms with Gasteiger partial charge in [-0.3, -0.25) is 9.59 Å². The molecule has 0 fully saturated rings. The Kier molecular flexibility index (Phi) is 6.78. The highest BCUT2D eigenvalue weighted by Crippen LogP contribution is 2.22. The quantitative estimate of drug-likeness (QED) is 0.575. The van der Waals surface area contributed by atoms with E-state index in [-0.39, 0.29) is 11.5 Å². The van der Waals surface area contributed by atoms with Crippen molar-refractivity contribution in [2.45, 2.75) is 6.92 Å². The molecule has 0 saturated heterocycles. The van der Waals surface area contributed by atoms with Crippen molar-refractivity contribution in [3.8, 4) is 11.5 Å². The average molecular weight is 404 g/mol. The minimum Gasteiger partial charge on any atom is -0.457 e. The van der Waals surface area contributed by atoms with Crippen LogP contribution in [0, 0.1) is 0 Å². The molecule has 0 aliphatic carbocycles. The van der Waals surface area contributed by atoms with Crippen LogP contribution in [0.4, 0.5) is 11.4 Å². The Morgan fingerprint density at radius 1 is 0.733 bits per heavy atom. The van der Waals surface area contributed by atoms with Crippen molar-refractivity contribution >= 4 is 29.2 Å². The number of amides is 2. The van der Waals surface area contributed by atoms with E-state index in [0.29, 0.717) is 22.9 Å². The first kappa shape index (κ1) is 20.6. The summed E-state index contributed by atoms with van der Waals surface area (Å²) in [6.07, 6.45) is 0. The molecule has 3 aromatic carbocycles. The largest absolute Gasteiger partial charge is 0.457 e. The molecule has 0 unspecified atom stereocenters. The molecule has 0 aliphatic heterocycles. The first-order valence-corrected chi connectivity index (χ1v) is 9.17. The van der Waals surface area contributed by atoms with Crippen LogP contribution in [0.25, 0.3) is 0 Å². The molecule has 0 saturated carbocycles. The standard InChI is InChI=1S/C23H20N2O5/c1-16(26)24-18-9-7-17(8-10-18)23(28)29-15-22(27)25-19-11-13-21(14-12-19)30-20-5-3-2-4-6-20/h2-14H,15H2,1H3,(H,24,26)(H,25,27). The molecule has 0 bridgehead atoms. The first-order valence-electron chi connectivity index (χ1n) is 9.17. The Bertz CT molecular complexity index is 1020. The molecule has 2 amide bonds. The molecule has 0 aliphatic rings. The van der Waals surface area contributed by atoms with Gasteiger partial charge in [0.05, 0.1) is 5.56 Å². The van der Waals surface area contributed by atoms with Crippen LogP contribution in [0.15, 0.2) is 78.9 Å². The van der Waals surface area contributed by atoms with Crippen molar-refractivity contribution in [2.24, 2.45) is 0 Å². The topological polar surface area (TPSA) is 93.7 Å². The van der Waals surface area contributed by atoms with Crippen LogP contribution < -0.4 is 15.4 Å². The number of carbonyl (C=O) groups excluding carboxylic acids is 3. The SMILES string of the molecule is CC(=O)Nc1ccc(C(=O)OCC(=O)Nc2ccc(Oc3ccccc3)cc2)cc1. The van der Waals surface area contributed by atoms with Gasteiger partial charge in [-0.05, 0) is 60.7 Å². The van der Waals surface area contributed by atoms with E-state index in [0.717, 1.165) is 0 Å². The number of hydrogen-bond acceptors (Lipinski definition) is 5. The molecule has 0 atom stereocenters. The van der Waals surface area contributed by atoms with Crippen LogP contribution in [0.5, 0.6) is 11.5 Å². The molecule has 30 heavy (non-hydrogen) atoms. The van der Waals surface area contributed by atoms with Gasteiger partial charge in [-0.15, -0.1) is 0 Å². The zero-order valence-corrected chi connectivity index (χ0v) is 16.3. The number of benzene rings is 3. The van der Waals surface area contributed by atoms with Gasteiger partial charge in [0.2, 0.25) is 5.91 Å². The van der Waals surface area contributed by atoms with Crippen LogP contribution in [0.2, 0.25) is 0 Å². The Morgan fingerprint density at radius 2 is 1.30 bits per heavy atom. The number of esters is 1. The third kappa shape index (κ3) is 6.20. The van der Waals surface area contributed by atoms with Crippen LogP contribution in [0.1, 0.15) is 17.3 Å². The molecule has 7 heteroatoms. The lowest BCUT2D eigenvalue weighted by molar-refractivity contribution is -0.119. The third-order valence-electron chi connectivity index (χ3n) is 3.89. The van der Waals surface area contributed by atoms with Crippen LogP contribution >= 0.6 is 0 Å². The molecule has 0 spiro atoms. The van der Waals surface area contributed by atoms with Gasteiger partial charge in [-0.25, -0.2) is 4.79 Å². The van der Waals surface area contributed by atoms with Gasteiger partial charge in [-0.2, -0.15) is 0 Å². The molecule has 3 aromatic rings. The number of carbonyl (C=O) groups is 3. The number of ether oxygens (including phenoxy) is 2. The summed E-state index contributed by atoms with van der Waals surface area (Å²) < 4.78 is 10.7. The minimum absolute atomic E-state index is 0.207. The summed E-state index contributed by atoms with van der Waals surface area (Å²) in [5, 5.41) is 5.25. The summed E-state index contributed by atoms with van der Waals surface area (Å²) in [4.78, 5) is 35.1. The monoisotopic (exact) mass is 404 g/mol. The van der Waals surface area contributed by atoms with Crippen LogP contribution in [-0.2, 0) is 14.3 Å². The second-order valence-electron chi connectivity index (χ2n) is 6.32. The first-order chi connectivity index (χ1) is 14.5. The van der Waals surface area contributed by atoms with E-state index in [1.54, 1.807) is 36.4 Å². The number of nitrogens with one attached hydrogen (secondary N) is 2. The summed E-state index contributed by atoms with van der Waals surface area (Å²) in [7, 11) is 0. The van der Waals surface area contributed by atoms with Gasteiger partial charge >= 0.3 is 5.97 Å². The zero-order valence-electron chi connectivity index (χ0n) is 16.3. The summed E-state index contributed by atoms with van der Waals surface area (Å²) in [6.45, 7) is 0.971. The van der Waals surface area contributed by atoms with Crippen molar-refractivity contribution in [3.05, 3.63) is 84.4 Å². The lowest BCUT2D eigenvalue weighted by atomic mass is 10.2. The van der Waals surface area contributed by atoms with Crippen LogP contribution in [0.3, 0.4) is 0 Å². The number of anilines is 2. The second-order valence-corrected chi connectivity index (χ2v) is 6.32. The van der Waals surface area contributed by atoms with Gasteiger partial charge in [0, 0.05) is 18.3 Å². The maximum absolute atomic E-state index is 12.0. The van der Waals surface area contributed by atoms with Gasteiger partial charge in [0.25, 0.3) is 5.91 Å². The Labute approximate surface area is 173 Å². The normalized spacial score (nSPS) is 10.0. The van der Waals surface area contributed by atoms with E-state index < -0.39 is 18.5 Å². The number of hydrogen-bond donors (Lipinski definition) is 2. The predicted molar refractivity (Wildman–Crippen MR) is 113 cm³/mol. The Morgan fingerprint density at radius 3 is 1.93 bits per heavy atom. The molecular formula is C23H20N2O5. The maximum Gasteiger partial charge on any atom is 0.338 e. The molecule has 0 radical (unpaired) electrons. The predicted octanol–water partition coefficient (Wildman–Crippen LogP) is 4.23. The highest BCUT2D eigenvalue weighted by molar-refractivity contribution is 5.96. The van der Waals surface area contributed by atoms with E-state index >= 15 is 0 Å². The third-order valence-corrected chi connectivity index (χ3v) is 3.89. The maximum atomic E-state index is 12.0. The lowest BCUT2D eigenvalue weighted by Gasteiger charge is -2.09. The Balaban J connectivity index is 1.47. The fraction of sp³-hybridized carbons (Fsp3) is 0.0870. The molecule has 7 nitrogen and oxygen atoms in total. The lowest BCUT2D eigenvalue weighted by Crippen LogP contribution is -2.20. The molecule has 0 aromatic heterocycles. The van der Waals surface area contributed by atoms with Gasteiger partial charge in [-0.1, -0.05) is 18.2 Å². The molecular weight excluding hydrogens is 384 g/mol. The van der Waals surface area contributed by atoms with Crippen molar-refractivity contribution in [3.63, 3.8) is 0 Å². The minimum atomic E-state index is -0.633. The van der Waals surface area contributed by atoms with Gasteiger partial charge < -0.3 is 20.1 Å². The summed E-state index contributed by atoms with van der Waals surface area (Å²) in [5.41, 5.74) is 1.40. The van der Waals surface area contributed by atoms with E-state index in [9.17, 15) is 14.4 Å². The zero-order chi connectivity index (χ0) is 21.3. The molecule has 0 heterocycles. The van der Waals surface area contributed by atoms with Crippen molar-refractivity contribution in [1.82, 2.24) is 0 Å². The van der Waals surface area contributed by atoms with Crippen molar-refractivity contribution in [2.75, 3.05) is 17.2 Å². The fourth-order valence-corrected chi connectivity index (χ4v) is 2.54. The fourth-order valence-electron chi connectivity index (χ4n) is 2.54. The summed E-state index contributed by atoms with van der Waals surface area (Å²) >= 11 is 0. The second kappa shape index (κ2) is 9.88. The number of rotatable bonds is 7. The smallest absolute Gasteiger partial charge is 0.338 e. The van der Waals surface area contributed by atoms with E-state index in [2.05, 4.69) is 10.6 Å². The summed E-state index contributed by atoms with van der Waals surface area (Å²) in [5.74, 6) is 0.0439. The molecule has 3 rings (SSSR count). The van der Waals surface area contributed by atoms with E-state index in [4.69, 9.17) is 9.47 Å². The van der Waals surface area contributed by atoms with Gasteiger partial charge in [0.15, 0.2) is 6.61 Å². The number of para-hydroxylation sites is 1.